The van der Waals surface area contributed by atoms with Crippen LogP contribution in [0.5, 0.6) is 11.5 Å². The summed E-state index contributed by atoms with van der Waals surface area (Å²) in [5.41, 5.74) is 7.88. The molecular formula is C48H61N7O17. The number of nitrogens with two attached hydrogens (primary N) is 1. The van der Waals surface area contributed by atoms with Crippen LogP contribution >= 0.6 is 0 Å². The third-order valence-electron chi connectivity index (χ3n) is 11.8. The molecule has 0 saturated carbocycles. The number of amides is 6. The summed E-state index contributed by atoms with van der Waals surface area (Å²) in [5.74, 6) is -6.76. The summed E-state index contributed by atoms with van der Waals surface area (Å²) in [7, 11) is 0. The molecule has 0 aromatic heterocycles. The van der Waals surface area contributed by atoms with E-state index in [0.717, 1.165) is 6.92 Å². The zero-order valence-corrected chi connectivity index (χ0v) is 39.4. The number of aliphatic hydroxyl groups is 4. The number of aliphatic hydroxyl groups excluding tert-OH is 4. The summed E-state index contributed by atoms with van der Waals surface area (Å²) in [5, 5.41) is 72.4. The molecular weight excluding hydrogens is 947 g/mol. The van der Waals surface area contributed by atoms with Gasteiger partial charge in [-0.25, -0.2) is 4.79 Å². The van der Waals surface area contributed by atoms with Gasteiger partial charge in [-0.1, -0.05) is 54.6 Å². The highest BCUT2D eigenvalue weighted by Crippen LogP contribution is 2.24. The van der Waals surface area contributed by atoms with Crippen LogP contribution in [0.25, 0.3) is 0 Å². The van der Waals surface area contributed by atoms with E-state index < -0.39 is 134 Å². The highest BCUT2D eigenvalue weighted by atomic mass is 16.7. The lowest BCUT2D eigenvalue weighted by Crippen LogP contribution is -2.60. The Morgan fingerprint density at radius 3 is 1.94 bits per heavy atom. The van der Waals surface area contributed by atoms with Crippen molar-refractivity contribution in [3.8, 4) is 11.5 Å². The first kappa shape index (κ1) is 55.7. The first-order chi connectivity index (χ1) is 34.2. The zero-order chi connectivity index (χ0) is 52.6. The smallest absolute Gasteiger partial charge is 0.331 e. The molecule has 2 aliphatic heterocycles. The fourth-order valence-corrected chi connectivity index (χ4v) is 7.93. The van der Waals surface area contributed by atoms with E-state index in [-0.39, 0.29) is 43.7 Å². The Hall–Kier alpha value is -7.22. The van der Waals surface area contributed by atoms with Gasteiger partial charge in [0.1, 0.15) is 60.6 Å². The number of likely N-dealkylation sites (tertiary alicyclic amines) is 1. The monoisotopic (exact) mass is 1010 g/mol. The van der Waals surface area contributed by atoms with Crippen molar-refractivity contribution in [1.82, 2.24) is 31.5 Å². The molecule has 11 atom stereocenters. The Morgan fingerprint density at radius 1 is 0.736 bits per heavy atom. The van der Waals surface area contributed by atoms with Crippen LogP contribution in [-0.2, 0) is 71.8 Å². The maximum atomic E-state index is 14.3. The number of hydrogen-bond donors (Lipinski definition) is 12. The van der Waals surface area contributed by atoms with Crippen LogP contribution in [0.3, 0.4) is 0 Å². The summed E-state index contributed by atoms with van der Waals surface area (Å²) in [6.07, 6.45) is -8.34. The molecule has 3 aromatic rings. The van der Waals surface area contributed by atoms with Crippen LogP contribution in [0.2, 0.25) is 0 Å². The first-order valence-electron chi connectivity index (χ1n) is 23.0. The molecule has 0 unspecified atom stereocenters. The minimum Gasteiger partial charge on any atom is -0.508 e. The second-order valence-electron chi connectivity index (χ2n) is 17.4. The molecule has 72 heavy (non-hydrogen) atoms. The van der Waals surface area contributed by atoms with E-state index in [0.29, 0.717) is 23.1 Å². The molecule has 0 aliphatic carbocycles. The highest BCUT2D eigenvalue weighted by molar-refractivity contribution is 5.96. The van der Waals surface area contributed by atoms with Gasteiger partial charge >= 0.3 is 11.9 Å². The van der Waals surface area contributed by atoms with Crippen molar-refractivity contribution < 1.29 is 83.2 Å². The summed E-state index contributed by atoms with van der Waals surface area (Å²) >= 11 is 0. The molecule has 2 saturated heterocycles. The normalized spacial score (nSPS) is 21.6. The van der Waals surface area contributed by atoms with Crippen LogP contribution in [-0.4, -0.2) is 176 Å². The molecule has 0 radical (unpaired) electrons. The molecule has 2 fully saturated rings. The van der Waals surface area contributed by atoms with Gasteiger partial charge in [0.2, 0.25) is 35.4 Å². The standard InChI is InChI=1S/C48H61N7O17/c1-25(51-43(64)32(49)19-28-10-14-30(58)15-11-28)42(63)53-33(20-27-7-4-3-5-8-27)44(65)50-22-38(60)52-34(21-29-12-16-31(59)17-13-29)46(67)55-18-6-9-36(55)45(66)54-35(23-56)47(68)70-24-37-41(71-26(2)57)39(61)40(62)48(69)72-37/h3-5,7-8,10-17,25,32-37,39-41,48,56,58-59,61-62,69H,6,9,18-24,49H2,1-2H3,(H,50,65)(H,51,64)(H,52,60)(H,53,63)(H,54,66)/t25-,32+,33+,34+,35+,36+,37-,39-,40-,41-,48+/m1/s1. The maximum absolute atomic E-state index is 14.3. The quantitative estimate of drug-likeness (QED) is 0.0433. The van der Waals surface area contributed by atoms with E-state index in [2.05, 4.69) is 26.6 Å². The zero-order valence-electron chi connectivity index (χ0n) is 39.4. The Bertz CT molecular complexity index is 2360. The molecule has 2 heterocycles. The third-order valence-corrected chi connectivity index (χ3v) is 11.8. The van der Waals surface area contributed by atoms with Crippen LogP contribution < -0.4 is 32.3 Å². The molecule has 3 aromatic carbocycles. The van der Waals surface area contributed by atoms with Crippen LogP contribution in [0.15, 0.2) is 78.9 Å². The van der Waals surface area contributed by atoms with E-state index in [9.17, 15) is 69.0 Å². The molecule has 2 aliphatic rings. The maximum Gasteiger partial charge on any atom is 0.331 e. The lowest BCUT2D eigenvalue weighted by molar-refractivity contribution is -0.290. The summed E-state index contributed by atoms with van der Waals surface area (Å²) < 4.78 is 15.3. The molecule has 24 heteroatoms. The van der Waals surface area contributed by atoms with Crippen molar-refractivity contribution in [3.05, 3.63) is 95.6 Å². The lowest BCUT2D eigenvalue weighted by atomic mass is 9.99. The molecule has 24 nitrogen and oxygen atoms in total. The lowest BCUT2D eigenvalue weighted by Gasteiger charge is -2.39. The minimum atomic E-state index is -1.94. The topological polar surface area (TPSA) is 375 Å². The van der Waals surface area contributed by atoms with Crippen LogP contribution in [0, 0.1) is 0 Å². The summed E-state index contributed by atoms with van der Waals surface area (Å²) in [6, 6.07) is 12.7. The fourth-order valence-electron chi connectivity index (χ4n) is 7.93. The number of esters is 2. The van der Waals surface area contributed by atoms with Crippen molar-refractivity contribution >= 4 is 47.4 Å². The van der Waals surface area contributed by atoms with Gasteiger partial charge in [0, 0.05) is 26.3 Å². The highest BCUT2D eigenvalue weighted by Gasteiger charge is 2.47. The number of carbonyl (C=O) groups is 8. The number of phenols is 2. The van der Waals surface area contributed by atoms with Crippen molar-refractivity contribution in [2.45, 2.75) is 113 Å². The molecule has 0 bridgehead atoms. The number of carbonyl (C=O) groups excluding carboxylic acids is 8. The first-order valence-corrected chi connectivity index (χ1v) is 23.0. The van der Waals surface area contributed by atoms with Gasteiger partial charge in [-0.2, -0.15) is 0 Å². The number of nitrogens with zero attached hydrogens (tertiary/aromatic N) is 1. The van der Waals surface area contributed by atoms with Crippen molar-refractivity contribution in [3.63, 3.8) is 0 Å². The fraction of sp³-hybridized carbons (Fsp3) is 0.458. The molecule has 5 rings (SSSR count). The van der Waals surface area contributed by atoms with Gasteiger partial charge in [0.25, 0.3) is 0 Å². The average molecular weight is 1010 g/mol. The Labute approximate surface area is 413 Å². The van der Waals surface area contributed by atoms with E-state index in [1.165, 1.54) is 48.2 Å². The van der Waals surface area contributed by atoms with Crippen LogP contribution in [0.1, 0.15) is 43.4 Å². The van der Waals surface area contributed by atoms with Gasteiger partial charge in [-0.05, 0) is 67.1 Å². The number of rotatable bonds is 22. The number of nitrogens with one attached hydrogen (secondary N) is 5. The number of benzene rings is 3. The number of aromatic hydroxyl groups is 2. The predicted molar refractivity (Wildman–Crippen MR) is 249 cm³/mol. The van der Waals surface area contributed by atoms with Crippen molar-refractivity contribution in [2.24, 2.45) is 5.73 Å². The second kappa shape index (κ2) is 26.3. The molecule has 390 valence electrons. The average Bonchev–Trinajstić information content (AvgIpc) is 3.86. The molecule has 0 spiro atoms. The van der Waals surface area contributed by atoms with Gasteiger partial charge in [-0.15, -0.1) is 0 Å². The van der Waals surface area contributed by atoms with Crippen molar-refractivity contribution in [1.29, 1.82) is 0 Å². The minimum absolute atomic E-state index is 0.0267. The van der Waals surface area contributed by atoms with Gasteiger partial charge in [0.05, 0.1) is 19.2 Å². The molecule has 6 amide bonds. The summed E-state index contributed by atoms with van der Waals surface area (Å²) in [6.45, 7) is 0.00221. The van der Waals surface area contributed by atoms with E-state index in [1.54, 1.807) is 42.5 Å². The Kier molecular flexibility index (Phi) is 20.3. The number of hydrogen-bond acceptors (Lipinski definition) is 18. The largest absolute Gasteiger partial charge is 0.508 e. The van der Waals surface area contributed by atoms with E-state index >= 15 is 0 Å². The van der Waals surface area contributed by atoms with Crippen LogP contribution in [0.4, 0.5) is 0 Å². The van der Waals surface area contributed by atoms with Crippen molar-refractivity contribution in [2.75, 3.05) is 26.3 Å². The van der Waals surface area contributed by atoms with Gasteiger partial charge in [-0.3, -0.25) is 33.6 Å². The number of phenolic OH excluding ortho intramolecular Hbond substituents is 2. The molecule has 13 N–H and O–H groups in total. The third kappa shape index (κ3) is 15.9. The van der Waals surface area contributed by atoms with Gasteiger partial charge in [0.15, 0.2) is 18.4 Å². The predicted octanol–water partition coefficient (Wildman–Crippen LogP) is -3.57. The second-order valence-corrected chi connectivity index (χ2v) is 17.4. The SMILES string of the molecule is CC(=O)O[C@H]1[C@H](O)[C@@H](O)[C@@H](O)O[C@@H]1COC(=O)[C@H](CO)NC(=O)[C@@H]1CCCN1C(=O)[C@H](Cc1ccc(O)cc1)NC(=O)CNC(=O)[C@H](Cc1ccccc1)NC(=O)[C@@H](C)NC(=O)[C@@H](N)Cc1ccc(O)cc1. The van der Waals surface area contributed by atoms with E-state index in [1.807, 2.05) is 0 Å². The van der Waals surface area contributed by atoms with Gasteiger partial charge < -0.3 is 82.1 Å². The Morgan fingerprint density at radius 2 is 1.33 bits per heavy atom. The Balaban J connectivity index is 1.22. The number of ether oxygens (including phenoxy) is 3. The van der Waals surface area contributed by atoms with E-state index in [4.69, 9.17) is 19.9 Å². The summed E-state index contributed by atoms with van der Waals surface area (Å²) in [4.78, 5) is 108.